The second kappa shape index (κ2) is 4.79. The van der Waals surface area contributed by atoms with Crippen LogP contribution in [0.1, 0.15) is 44.9 Å². The average molecular weight is 233 g/mol. The van der Waals surface area contributed by atoms with Crippen LogP contribution in [0, 0.1) is 5.41 Å². The quantitative estimate of drug-likeness (QED) is 0.846. The molecule has 1 aliphatic rings. The molecule has 0 spiro atoms. The Balaban J connectivity index is 2.14. The van der Waals surface area contributed by atoms with Gasteiger partial charge < -0.3 is 10.1 Å². The summed E-state index contributed by atoms with van der Waals surface area (Å²) in [5, 5.41) is 3.69. The van der Waals surface area contributed by atoms with E-state index in [1.807, 2.05) is 0 Å². The highest BCUT2D eigenvalue weighted by molar-refractivity contribution is 5.31. The fourth-order valence-corrected chi connectivity index (χ4v) is 2.07. The molecule has 0 bridgehead atoms. The van der Waals surface area contributed by atoms with E-state index in [2.05, 4.69) is 57.3 Å². The van der Waals surface area contributed by atoms with Gasteiger partial charge in [-0.15, -0.1) is 0 Å². The summed E-state index contributed by atoms with van der Waals surface area (Å²) in [6.07, 6.45) is 0. The van der Waals surface area contributed by atoms with Gasteiger partial charge in [0.1, 0.15) is 0 Å². The lowest BCUT2D eigenvalue weighted by Gasteiger charge is -2.35. The average Bonchev–Trinajstić information content (AvgIpc) is 2.28. The van der Waals surface area contributed by atoms with E-state index in [0.717, 1.165) is 13.2 Å². The second-order valence-corrected chi connectivity index (χ2v) is 6.02. The fraction of sp³-hybridized carbons (Fsp3) is 0.600. The molecule has 2 atom stereocenters. The highest BCUT2D eigenvalue weighted by Crippen LogP contribution is 2.27. The number of hydrogen-bond acceptors (Lipinski definition) is 2. The lowest BCUT2D eigenvalue weighted by molar-refractivity contribution is 0.0729. The van der Waals surface area contributed by atoms with E-state index in [-0.39, 0.29) is 5.41 Å². The standard InChI is InChI=1S/C15H23NO/c1-11(15(2,3)4)16-14-10-17-9-12-7-5-6-8-13(12)14/h5-8,11,14,16H,9-10H2,1-4H3. The molecule has 0 aromatic heterocycles. The van der Waals surface area contributed by atoms with Crippen LogP contribution in [0.25, 0.3) is 0 Å². The van der Waals surface area contributed by atoms with Crippen LogP contribution in [0.4, 0.5) is 0 Å². The minimum absolute atomic E-state index is 0.270. The molecule has 0 amide bonds. The van der Waals surface area contributed by atoms with Gasteiger partial charge in [-0.2, -0.15) is 0 Å². The molecular formula is C15H23NO. The third-order valence-electron chi connectivity index (χ3n) is 3.72. The summed E-state index contributed by atoms with van der Waals surface area (Å²) in [6.45, 7) is 10.6. The Bertz CT molecular complexity index is 381. The predicted molar refractivity (Wildman–Crippen MR) is 70.9 cm³/mol. The number of hydrogen-bond donors (Lipinski definition) is 1. The highest BCUT2D eigenvalue weighted by atomic mass is 16.5. The normalized spacial score (nSPS) is 22.0. The first kappa shape index (κ1) is 12.6. The number of rotatable bonds is 2. The second-order valence-electron chi connectivity index (χ2n) is 6.02. The van der Waals surface area contributed by atoms with Crippen LogP contribution in [0.2, 0.25) is 0 Å². The molecule has 0 saturated heterocycles. The lowest BCUT2D eigenvalue weighted by atomic mass is 9.86. The van der Waals surface area contributed by atoms with Crippen molar-refractivity contribution >= 4 is 0 Å². The van der Waals surface area contributed by atoms with Gasteiger partial charge in [-0.3, -0.25) is 0 Å². The summed E-state index contributed by atoms with van der Waals surface area (Å²) in [5.74, 6) is 0. The van der Waals surface area contributed by atoms with Crippen LogP contribution in [-0.2, 0) is 11.3 Å². The number of fused-ring (bicyclic) bond motifs is 1. The molecule has 1 aliphatic heterocycles. The van der Waals surface area contributed by atoms with Gasteiger partial charge in [-0.1, -0.05) is 45.0 Å². The van der Waals surface area contributed by atoms with Crippen LogP contribution < -0.4 is 5.32 Å². The van der Waals surface area contributed by atoms with Crippen molar-refractivity contribution in [2.45, 2.75) is 46.4 Å². The molecule has 0 fully saturated rings. The molecule has 2 heteroatoms. The summed E-state index contributed by atoms with van der Waals surface area (Å²) in [4.78, 5) is 0. The van der Waals surface area contributed by atoms with Crippen molar-refractivity contribution in [2.75, 3.05) is 6.61 Å². The minimum Gasteiger partial charge on any atom is -0.375 e. The summed E-state index contributed by atoms with van der Waals surface area (Å²) >= 11 is 0. The maximum atomic E-state index is 5.66. The molecule has 0 radical (unpaired) electrons. The molecule has 1 heterocycles. The van der Waals surface area contributed by atoms with Gasteiger partial charge in [0, 0.05) is 6.04 Å². The van der Waals surface area contributed by atoms with Gasteiger partial charge >= 0.3 is 0 Å². The van der Waals surface area contributed by atoms with Crippen molar-refractivity contribution in [3.8, 4) is 0 Å². The van der Waals surface area contributed by atoms with Crippen molar-refractivity contribution in [1.29, 1.82) is 0 Å². The van der Waals surface area contributed by atoms with E-state index in [4.69, 9.17) is 4.74 Å². The van der Waals surface area contributed by atoms with E-state index >= 15 is 0 Å². The monoisotopic (exact) mass is 233 g/mol. The molecule has 1 aromatic rings. The fourth-order valence-electron chi connectivity index (χ4n) is 2.07. The predicted octanol–water partition coefficient (Wildman–Crippen LogP) is 3.28. The zero-order valence-electron chi connectivity index (χ0n) is 11.3. The lowest BCUT2D eigenvalue weighted by Crippen LogP contribution is -2.42. The zero-order chi connectivity index (χ0) is 12.5. The van der Waals surface area contributed by atoms with Crippen molar-refractivity contribution in [3.63, 3.8) is 0 Å². The highest BCUT2D eigenvalue weighted by Gasteiger charge is 2.26. The first-order chi connectivity index (χ1) is 7.98. The summed E-state index contributed by atoms with van der Waals surface area (Å²) in [6, 6.07) is 9.35. The Kier molecular flexibility index (Phi) is 3.55. The Morgan fingerprint density at radius 2 is 2.00 bits per heavy atom. The van der Waals surface area contributed by atoms with Gasteiger partial charge in [-0.05, 0) is 23.5 Å². The number of ether oxygens (including phenoxy) is 1. The summed E-state index contributed by atoms with van der Waals surface area (Å²) in [7, 11) is 0. The zero-order valence-corrected chi connectivity index (χ0v) is 11.3. The molecule has 2 rings (SSSR count). The SMILES string of the molecule is CC(NC1COCc2ccccc21)C(C)(C)C. The van der Waals surface area contributed by atoms with Crippen LogP contribution in [0.3, 0.4) is 0 Å². The van der Waals surface area contributed by atoms with Crippen LogP contribution in [-0.4, -0.2) is 12.6 Å². The van der Waals surface area contributed by atoms with Crippen LogP contribution in [0.5, 0.6) is 0 Å². The first-order valence-electron chi connectivity index (χ1n) is 6.40. The van der Waals surface area contributed by atoms with Crippen LogP contribution >= 0.6 is 0 Å². The third kappa shape index (κ3) is 2.88. The maximum absolute atomic E-state index is 5.66. The Morgan fingerprint density at radius 3 is 2.71 bits per heavy atom. The smallest absolute Gasteiger partial charge is 0.0721 e. The molecule has 0 saturated carbocycles. The van der Waals surface area contributed by atoms with Crippen molar-refractivity contribution < 1.29 is 4.74 Å². The van der Waals surface area contributed by atoms with Gasteiger partial charge in [0.05, 0.1) is 19.3 Å². The van der Waals surface area contributed by atoms with Gasteiger partial charge in [-0.25, -0.2) is 0 Å². The van der Waals surface area contributed by atoms with Gasteiger partial charge in [0.25, 0.3) is 0 Å². The Labute approximate surface area is 104 Å². The Hall–Kier alpha value is -0.860. The Morgan fingerprint density at radius 1 is 1.29 bits per heavy atom. The number of benzene rings is 1. The summed E-state index contributed by atoms with van der Waals surface area (Å²) < 4.78 is 5.66. The van der Waals surface area contributed by atoms with Crippen LogP contribution in [0.15, 0.2) is 24.3 Å². The van der Waals surface area contributed by atoms with E-state index in [0.29, 0.717) is 12.1 Å². The van der Waals surface area contributed by atoms with Gasteiger partial charge in [0.15, 0.2) is 0 Å². The largest absolute Gasteiger partial charge is 0.375 e. The van der Waals surface area contributed by atoms with Crippen molar-refractivity contribution in [3.05, 3.63) is 35.4 Å². The first-order valence-corrected chi connectivity index (χ1v) is 6.40. The molecule has 2 nitrogen and oxygen atoms in total. The topological polar surface area (TPSA) is 21.3 Å². The minimum atomic E-state index is 0.270. The van der Waals surface area contributed by atoms with Crippen molar-refractivity contribution in [1.82, 2.24) is 5.32 Å². The molecule has 2 unspecified atom stereocenters. The van der Waals surface area contributed by atoms with E-state index in [1.165, 1.54) is 11.1 Å². The van der Waals surface area contributed by atoms with E-state index in [1.54, 1.807) is 0 Å². The third-order valence-corrected chi connectivity index (χ3v) is 3.72. The molecular weight excluding hydrogens is 210 g/mol. The molecule has 1 aromatic carbocycles. The molecule has 17 heavy (non-hydrogen) atoms. The maximum Gasteiger partial charge on any atom is 0.0721 e. The number of nitrogens with one attached hydrogen (secondary N) is 1. The van der Waals surface area contributed by atoms with Crippen molar-refractivity contribution in [2.24, 2.45) is 5.41 Å². The molecule has 0 aliphatic carbocycles. The molecule has 1 N–H and O–H groups in total. The van der Waals surface area contributed by atoms with Gasteiger partial charge in [0.2, 0.25) is 0 Å². The molecule has 94 valence electrons. The van der Waals surface area contributed by atoms with E-state index < -0.39 is 0 Å². The summed E-state index contributed by atoms with van der Waals surface area (Å²) in [5.41, 5.74) is 2.99. The van der Waals surface area contributed by atoms with E-state index in [9.17, 15) is 0 Å².